The smallest absolute Gasteiger partial charge is 0.250 e. The van der Waals surface area contributed by atoms with Crippen molar-refractivity contribution < 1.29 is 9.53 Å². The predicted molar refractivity (Wildman–Crippen MR) is 139 cm³/mol. The Kier molecular flexibility index (Phi) is 7.76. The molecule has 0 aliphatic rings. The molecule has 0 atom stereocenters. The maximum Gasteiger partial charge on any atom is 0.250 e. The number of nitrogens with zero attached hydrogens (tertiary/aromatic N) is 4. The first-order valence-corrected chi connectivity index (χ1v) is 12.2. The number of amides is 1. The van der Waals surface area contributed by atoms with Gasteiger partial charge in [0.2, 0.25) is 0 Å². The summed E-state index contributed by atoms with van der Waals surface area (Å²) in [6.45, 7) is 2.04. The fourth-order valence-electron chi connectivity index (χ4n) is 3.13. The summed E-state index contributed by atoms with van der Waals surface area (Å²) in [5, 5.41) is 13.4. The third kappa shape index (κ3) is 5.73. The second kappa shape index (κ2) is 11.1. The van der Waals surface area contributed by atoms with Gasteiger partial charge in [-0.1, -0.05) is 75.7 Å². The summed E-state index contributed by atoms with van der Waals surface area (Å²) in [5.41, 5.74) is 6.40. The van der Waals surface area contributed by atoms with E-state index in [2.05, 4.69) is 36.7 Å². The zero-order chi connectivity index (χ0) is 23.9. The fourth-order valence-corrected chi connectivity index (χ4v) is 4.26. The summed E-state index contributed by atoms with van der Waals surface area (Å²) < 4.78 is 8.12. The van der Waals surface area contributed by atoms with Gasteiger partial charge < -0.3 is 4.74 Å². The Balaban J connectivity index is 1.53. The van der Waals surface area contributed by atoms with E-state index < -0.39 is 0 Å². The van der Waals surface area contributed by atoms with Gasteiger partial charge in [-0.15, -0.1) is 10.2 Å². The van der Waals surface area contributed by atoms with Crippen LogP contribution in [0.3, 0.4) is 0 Å². The van der Waals surface area contributed by atoms with Crippen LogP contribution in [-0.2, 0) is 4.79 Å². The van der Waals surface area contributed by atoms with Gasteiger partial charge in [-0.3, -0.25) is 9.36 Å². The topological polar surface area (TPSA) is 81.4 Å². The van der Waals surface area contributed by atoms with Gasteiger partial charge >= 0.3 is 0 Å². The lowest BCUT2D eigenvalue weighted by molar-refractivity contribution is -0.118. The Labute approximate surface area is 210 Å². The number of carbonyl (C=O) groups is 1. The number of carbonyl (C=O) groups excluding carboxylic acids is 1. The van der Waals surface area contributed by atoms with E-state index in [0.717, 1.165) is 32.6 Å². The van der Waals surface area contributed by atoms with Crippen LogP contribution in [0.4, 0.5) is 0 Å². The number of aryl methyl sites for hydroxylation is 1. The molecule has 172 valence electrons. The van der Waals surface area contributed by atoms with Crippen molar-refractivity contribution >= 4 is 39.8 Å². The van der Waals surface area contributed by atoms with Crippen LogP contribution in [0.2, 0.25) is 0 Å². The molecule has 1 N–H and O–H groups in total. The standard InChI is InChI=1S/C25H22BrN5O2S/c1-17-7-9-18(10-8-17)24-29-30-25(31(24)20-11-13-21(33-2)14-12-20)34-16-23(32)28-27-15-19-5-3-4-6-22(19)26/h3-15H,16H2,1-2H3,(H,28,32)/b27-15-. The zero-order valence-corrected chi connectivity index (χ0v) is 21.0. The lowest BCUT2D eigenvalue weighted by Gasteiger charge is -2.11. The van der Waals surface area contributed by atoms with Crippen LogP contribution in [0.25, 0.3) is 17.1 Å². The molecule has 4 aromatic rings. The summed E-state index contributed by atoms with van der Waals surface area (Å²) in [6, 6.07) is 23.4. The molecular formula is C25H22BrN5O2S. The van der Waals surface area contributed by atoms with E-state index in [0.29, 0.717) is 11.0 Å². The number of nitrogens with one attached hydrogen (secondary N) is 1. The number of halogens is 1. The summed E-state index contributed by atoms with van der Waals surface area (Å²) in [6.07, 6.45) is 1.60. The molecule has 0 aliphatic heterocycles. The average molecular weight is 536 g/mol. The van der Waals surface area contributed by atoms with Crippen LogP contribution in [0, 0.1) is 6.92 Å². The first-order valence-electron chi connectivity index (χ1n) is 10.4. The molecule has 0 fully saturated rings. The lowest BCUT2D eigenvalue weighted by Crippen LogP contribution is -2.20. The lowest BCUT2D eigenvalue weighted by atomic mass is 10.1. The fraction of sp³-hybridized carbons (Fsp3) is 0.120. The molecule has 1 amide bonds. The molecule has 0 saturated carbocycles. The molecule has 0 unspecified atom stereocenters. The Hall–Kier alpha value is -3.43. The Morgan fingerprint density at radius 1 is 1.09 bits per heavy atom. The van der Waals surface area contributed by atoms with E-state index in [1.807, 2.05) is 84.3 Å². The summed E-state index contributed by atoms with van der Waals surface area (Å²) >= 11 is 4.75. The average Bonchev–Trinajstić information content (AvgIpc) is 3.28. The van der Waals surface area contributed by atoms with Crippen molar-refractivity contribution in [1.82, 2.24) is 20.2 Å². The normalized spacial score (nSPS) is 11.0. The third-order valence-electron chi connectivity index (χ3n) is 4.90. The monoisotopic (exact) mass is 535 g/mol. The first kappa shape index (κ1) is 23.7. The molecule has 7 nitrogen and oxygen atoms in total. The summed E-state index contributed by atoms with van der Waals surface area (Å²) in [5.74, 6) is 1.34. The van der Waals surface area contributed by atoms with Gasteiger partial charge in [0, 0.05) is 21.3 Å². The molecule has 0 spiro atoms. The molecule has 9 heteroatoms. The molecule has 34 heavy (non-hydrogen) atoms. The number of hydrazone groups is 1. The number of methoxy groups -OCH3 is 1. The predicted octanol–water partition coefficient (Wildman–Crippen LogP) is 5.26. The minimum atomic E-state index is -0.241. The van der Waals surface area contributed by atoms with E-state index in [-0.39, 0.29) is 11.7 Å². The van der Waals surface area contributed by atoms with Crippen LogP contribution < -0.4 is 10.2 Å². The quantitative estimate of drug-likeness (QED) is 0.189. The highest BCUT2D eigenvalue weighted by Gasteiger charge is 2.17. The highest BCUT2D eigenvalue weighted by molar-refractivity contribution is 9.10. The molecule has 1 aromatic heterocycles. The summed E-state index contributed by atoms with van der Waals surface area (Å²) in [4.78, 5) is 12.4. The second-order valence-electron chi connectivity index (χ2n) is 7.31. The minimum Gasteiger partial charge on any atom is -0.497 e. The van der Waals surface area contributed by atoms with E-state index in [9.17, 15) is 4.79 Å². The number of benzene rings is 3. The Morgan fingerprint density at radius 2 is 1.82 bits per heavy atom. The third-order valence-corrected chi connectivity index (χ3v) is 6.56. The zero-order valence-electron chi connectivity index (χ0n) is 18.6. The maximum absolute atomic E-state index is 12.4. The number of aromatic nitrogens is 3. The van der Waals surface area contributed by atoms with E-state index in [4.69, 9.17) is 4.74 Å². The van der Waals surface area contributed by atoms with E-state index in [1.54, 1.807) is 13.3 Å². The van der Waals surface area contributed by atoms with E-state index >= 15 is 0 Å². The molecule has 3 aromatic carbocycles. The van der Waals surface area contributed by atoms with Crippen molar-refractivity contribution in [3.05, 3.63) is 88.4 Å². The van der Waals surface area contributed by atoms with Crippen molar-refractivity contribution in [3.8, 4) is 22.8 Å². The van der Waals surface area contributed by atoms with Gasteiger partial charge in [-0.25, -0.2) is 5.43 Å². The highest BCUT2D eigenvalue weighted by Crippen LogP contribution is 2.29. The van der Waals surface area contributed by atoms with Crippen molar-refractivity contribution in [2.75, 3.05) is 12.9 Å². The van der Waals surface area contributed by atoms with Gasteiger partial charge in [0.1, 0.15) is 5.75 Å². The van der Waals surface area contributed by atoms with Crippen LogP contribution in [0.5, 0.6) is 5.75 Å². The van der Waals surface area contributed by atoms with Gasteiger partial charge in [-0.2, -0.15) is 5.10 Å². The van der Waals surface area contributed by atoms with Gasteiger partial charge in [-0.05, 0) is 37.3 Å². The van der Waals surface area contributed by atoms with Crippen molar-refractivity contribution in [2.45, 2.75) is 12.1 Å². The largest absolute Gasteiger partial charge is 0.497 e. The van der Waals surface area contributed by atoms with Gasteiger partial charge in [0.25, 0.3) is 5.91 Å². The molecule has 0 bridgehead atoms. The van der Waals surface area contributed by atoms with Crippen LogP contribution in [0.1, 0.15) is 11.1 Å². The molecule has 1 heterocycles. The molecule has 4 rings (SSSR count). The van der Waals surface area contributed by atoms with Crippen molar-refractivity contribution in [3.63, 3.8) is 0 Å². The first-order chi connectivity index (χ1) is 16.5. The number of ether oxygens (including phenoxy) is 1. The number of hydrogen-bond acceptors (Lipinski definition) is 6. The Bertz CT molecular complexity index is 1300. The van der Waals surface area contributed by atoms with Crippen molar-refractivity contribution in [2.24, 2.45) is 5.10 Å². The van der Waals surface area contributed by atoms with Crippen LogP contribution >= 0.6 is 27.7 Å². The highest BCUT2D eigenvalue weighted by atomic mass is 79.9. The van der Waals surface area contributed by atoms with Gasteiger partial charge in [0.05, 0.1) is 19.1 Å². The summed E-state index contributed by atoms with van der Waals surface area (Å²) in [7, 11) is 1.63. The second-order valence-corrected chi connectivity index (χ2v) is 9.11. The SMILES string of the molecule is COc1ccc(-n2c(SCC(=O)N/N=C\c3ccccc3Br)nnc2-c2ccc(C)cc2)cc1. The maximum atomic E-state index is 12.4. The molecule has 0 saturated heterocycles. The van der Waals surface area contributed by atoms with Crippen LogP contribution in [-0.4, -0.2) is 39.7 Å². The van der Waals surface area contributed by atoms with Gasteiger partial charge in [0.15, 0.2) is 11.0 Å². The van der Waals surface area contributed by atoms with Crippen molar-refractivity contribution in [1.29, 1.82) is 0 Å². The Morgan fingerprint density at radius 3 is 2.53 bits per heavy atom. The van der Waals surface area contributed by atoms with E-state index in [1.165, 1.54) is 11.8 Å². The number of hydrogen-bond donors (Lipinski definition) is 1. The number of rotatable bonds is 8. The molecule has 0 aliphatic carbocycles. The van der Waals surface area contributed by atoms with Crippen LogP contribution in [0.15, 0.2) is 87.5 Å². The minimum absolute atomic E-state index is 0.134. The molecule has 0 radical (unpaired) electrons. The molecular weight excluding hydrogens is 514 g/mol. The number of thioether (sulfide) groups is 1.